The van der Waals surface area contributed by atoms with Gasteiger partial charge in [0.2, 0.25) is 5.91 Å². The number of benzene rings is 1. The Morgan fingerprint density at radius 2 is 2.22 bits per heavy atom. The van der Waals surface area contributed by atoms with Crippen LogP contribution >= 0.6 is 11.6 Å². The Labute approximate surface area is 141 Å². The van der Waals surface area contributed by atoms with Crippen LogP contribution in [0, 0.1) is 5.41 Å². The zero-order valence-corrected chi connectivity index (χ0v) is 14.2. The van der Waals surface area contributed by atoms with Crippen molar-refractivity contribution < 1.29 is 9.90 Å². The molecule has 3 rings (SSSR count). The third-order valence-electron chi connectivity index (χ3n) is 4.81. The largest absolute Gasteiger partial charge is 0.396 e. The number of nitrogens with zero attached hydrogens (tertiary/aromatic N) is 2. The van der Waals surface area contributed by atoms with Crippen LogP contribution in [0.25, 0.3) is 10.9 Å². The van der Waals surface area contributed by atoms with Gasteiger partial charge in [0.05, 0.1) is 6.61 Å². The van der Waals surface area contributed by atoms with E-state index in [1.165, 1.54) is 0 Å². The average Bonchev–Trinajstić information content (AvgIpc) is 2.94. The highest BCUT2D eigenvalue weighted by Crippen LogP contribution is 2.29. The van der Waals surface area contributed by atoms with Crippen molar-refractivity contribution in [3.63, 3.8) is 0 Å². The SMILES string of the molecule is CC1(CO)CCCN(C(=O)CCn2ccc3cc(Cl)ccc32)C1. The lowest BCUT2D eigenvalue weighted by atomic mass is 9.83. The number of carbonyl (C=O) groups is 1. The van der Waals surface area contributed by atoms with Crippen molar-refractivity contribution in [2.45, 2.75) is 32.7 Å². The van der Waals surface area contributed by atoms with Crippen molar-refractivity contribution in [2.24, 2.45) is 5.41 Å². The smallest absolute Gasteiger partial charge is 0.224 e. The molecule has 0 bridgehead atoms. The Bertz CT molecular complexity index is 712. The predicted molar refractivity (Wildman–Crippen MR) is 92.6 cm³/mol. The van der Waals surface area contributed by atoms with E-state index in [1.807, 2.05) is 35.4 Å². The first-order valence-corrected chi connectivity index (χ1v) is 8.52. The number of aliphatic hydroxyl groups excluding tert-OH is 1. The van der Waals surface area contributed by atoms with Gasteiger partial charge < -0.3 is 14.6 Å². The van der Waals surface area contributed by atoms with E-state index in [0.717, 1.165) is 35.3 Å². The van der Waals surface area contributed by atoms with E-state index < -0.39 is 0 Å². The Kier molecular flexibility index (Phi) is 4.64. The van der Waals surface area contributed by atoms with E-state index >= 15 is 0 Å². The van der Waals surface area contributed by atoms with Crippen LogP contribution < -0.4 is 0 Å². The molecule has 1 saturated heterocycles. The van der Waals surface area contributed by atoms with Gasteiger partial charge in [0.15, 0.2) is 0 Å². The van der Waals surface area contributed by atoms with Crippen molar-refractivity contribution in [3.05, 3.63) is 35.5 Å². The van der Waals surface area contributed by atoms with Crippen molar-refractivity contribution in [1.82, 2.24) is 9.47 Å². The summed E-state index contributed by atoms with van der Waals surface area (Å²) >= 11 is 6.01. The lowest BCUT2D eigenvalue weighted by Gasteiger charge is -2.39. The third kappa shape index (κ3) is 3.54. The molecule has 1 atom stereocenters. The summed E-state index contributed by atoms with van der Waals surface area (Å²) in [6.45, 7) is 4.31. The van der Waals surface area contributed by atoms with E-state index in [4.69, 9.17) is 11.6 Å². The summed E-state index contributed by atoms with van der Waals surface area (Å²) in [6, 6.07) is 7.83. The summed E-state index contributed by atoms with van der Waals surface area (Å²) in [5.41, 5.74) is 0.950. The van der Waals surface area contributed by atoms with E-state index in [9.17, 15) is 9.90 Å². The summed E-state index contributed by atoms with van der Waals surface area (Å²) in [4.78, 5) is 14.4. The first-order chi connectivity index (χ1) is 11.0. The first kappa shape index (κ1) is 16.3. The number of aryl methyl sites for hydroxylation is 1. The van der Waals surface area contributed by atoms with Gasteiger partial charge in [-0.25, -0.2) is 0 Å². The molecule has 2 aromatic rings. The normalized spacial score (nSPS) is 21.8. The topological polar surface area (TPSA) is 45.5 Å². The van der Waals surface area contributed by atoms with Crippen molar-refractivity contribution >= 4 is 28.4 Å². The maximum Gasteiger partial charge on any atom is 0.224 e. The van der Waals surface area contributed by atoms with E-state index in [1.54, 1.807) is 0 Å². The van der Waals surface area contributed by atoms with Crippen LogP contribution in [0.2, 0.25) is 5.02 Å². The molecule has 1 N–H and O–H groups in total. The summed E-state index contributed by atoms with van der Waals surface area (Å²) in [5, 5.41) is 11.3. The van der Waals surface area contributed by atoms with Crippen molar-refractivity contribution in [3.8, 4) is 0 Å². The maximum atomic E-state index is 12.5. The van der Waals surface area contributed by atoms with Crippen LogP contribution in [0.4, 0.5) is 0 Å². The van der Waals surface area contributed by atoms with Gasteiger partial charge in [0.1, 0.15) is 0 Å². The van der Waals surface area contributed by atoms with Gasteiger partial charge in [0.25, 0.3) is 0 Å². The number of carbonyl (C=O) groups excluding carboxylic acids is 1. The molecule has 1 aliphatic heterocycles. The summed E-state index contributed by atoms with van der Waals surface area (Å²) in [5.74, 6) is 0.167. The number of likely N-dealkylation sites (tertiary alicyclic amines) is 1. The van der Waals surface area contributed by atoms with Crippen LogP contribution in [0.15, 0.2) is 30.5 Å². The van der Waals surface area contributed by atoms with Gasteiger partial charge in [-0.3, -0.25) is 4.79 Å². The number of aliphatic hydroxyl groups is 1. The number of rotatable bonds is 4. The molecule has 0 spiro atoms. The minimum absolute atomic E-state index is 0.139. The fraction of sp³-hybridized carbons (Fsp3) is 0.500. The molecule has 1 amide bonds. The van der Waals surface area contributed by atoms with E-state index in [0.29, 0.717) is 19.5 Å². The highest BCUT2D eigenvalue weighted by atomic mass is 35.5. The molecule has 1 aromatic carbocycles. The summed E-state index contributed by atoms with van der Waals surface area (Å²) < 4.78 is 2.10. The van der Waals surface area contributed by atoms with Gasteiger partial charge in [-0.05, 0) is 37.1 Å². The number of fused-ring (bicyclic) bond motifs is 1. The van der Waals surface area contributed by atoms with Gasteiger partial charge in [-0.2, -0.15) is 0 Å². The Hall–Kier alpha value is -1.52. The lowest BCUT2D eigenvalue weighted by Crippen LogP contribution is -2.46. The Morgan fingerprint density at radius 1 is 1.39 bits per heavy atom. The fourth-order valence-electron chi connectivity index (χ4n) is 3.40. The zero-order valence-electron chi connectivity index (χ0n) is 13.5. The lowest BCUT2D eigenvalue weighted by molar-refractivity contribution is -0.135. The molecule has 1 fully saturated rings. The molecule has 1 aromatic heterocycles. The number of hydrogen-bond acceptors (Lipinski definition) is 2. The van der Waals surface area contributed by atoms with Gasteiger partial charge >= 0.3 is 0 Å². The van der Waals surface area contributed by atoms with Crippen LogP contribution in [0.3, 0.4) is 0 Å². The molecule has 5 heteroatoms. The third-order valence-corrected chi connectivity index (χ3v) is 5.05. The molecular formula is C18H23ClN2O2. The molecule has 124 valence electrons. The van der Waals surface area contributed by atoms with E-state index in [-0.39, 0.29) is 17.9 Å². The highest BCUT2D eigenvalue weighted by Gasteiger charge is 2.32. The van der Waals surface area contributed by atoms with Gasteiger partial charge in [-0.15, -0.1) is 0 Å². The molecule has 0 aliphatic carbocycles. The number of halogens is 1. The molecule has 2 heterocycles. The van der Waals surface area contributed by atoms with Crippen LogP contribution in [0.1, 0.15) is 26.2 Å². The van der Waals surface area contributed by atoms with Crippen molar-refractivity contribution in [2.75, 3.05) is 19.7 Å². The average molecular weight is 335 g/mol. The van der Waals surface area contributed by atoms with Crippen LogP contribution in [0.5, 0.6) is 0 Å². The van der Waals surface area contributed by atoms with Gasteiger partial charge in [0, 0.05) is 53.6 Å². The standard InChI is InChI=1S/C18H23ClN2O2/c1-18(13-22)7-2-8-21(12-18)17(23)6-10-20-9-5-14-11-15(19)3-4-16(14)20/h3-5,9,11,22H,2,6-8,10,12-13H2,1H3. The number of piperidine rings is 1. The summed E-state index contributed by atoms with van der Waals surface area (Å²) in [6.07, 6.45) is 4.43. The van der Waals surface area contributed by atoms with Crippen LogP contribution in [-0.2, 0) is 11.3 Å². The highest BCUT2D eigenvalue weighted by molar-refractivity contribution is 6.31. The molecular weight excluding hydrogens is 312 g/mol. The number of hydrogen-bond donors (Lipinski definition) is 1. The number of amides is 1. The fourth-order valence-corrected chi connectivity index (χ4v) is 3.58. The van der Waals surface area contributed by atoms with E-state index in [2.05, 4.69) is 11.5 Å². The molecule has 4 nitrogen and oxygen atoms in total. The second-order valence-corrected chi connectivity index (χ2v) is 7.29. The quantitative estimate of drug-likeness (QED) is 0.932. The molecule has 23 heavy (non-hydrogen) atoms. The van der Waals surface area contributed by atoms with Crippen molar-refractivity contribution in [1.29, 1.82) is 0 Å². The minimum Gasteiger partial charge on any atom is -0.396 e. The summed E-state index contributed by atoms with van der Waals surface area (Å²) in [7, 11) is 0. The van der Waals surface area contributed by atoms with Crippen LogP contribution in [-0.4, -0.2) is 40.2 Å². The Balaban J connectivity index is 1.64. The zero-order chi connectivity index (χ0) is 16.4. The molecule has 0 radical (unpaired) electrons. The molecule has 1 unspecified atom stereocenters. The minimum atomic E-state index is -0.148. The van der Waals surface area contributed by atoms with Gasteiger partial charge in [-0.1, -0.05) is 18.5 Å². The molecule has 1 aliphatic rings. The predicted octanol–water partition coefficient (Wildman–Crippen LogP) is 3.31. The molecule has 0 saturated carbocycles. The number of aromatic nitrogens is 1. The first-order valence-electron chi connectivity index (χ1n) is 8.14. The Morgan fingerprint density at radius 3 is 3.00 bits per heavy atom. The maximum absolute atomic E-state index is 12.5. The second kappa shape index (κ2) is 6.54. The monoisotopic (exact) mass is 334 g/mol. The second-order valence-electron chi connectivity index (χ2n) is 6.85.